The fraction of sp³-hybridized carbons (Fsp3) is 0.292. The molecule has 0 aliphatic heterocycles. The van der Waals surface area contributed by atoms with Gasteiger partial charge >= 0.3 is 6.61 Å². The molecule has 0 amide bonds. The van der Waals surface area contributed by atoms with Gasteiger partial charge in [-0.2, -0.15) is 8.78 Å². The smallest absolute Gasteiger partial charge is 0.387 e. The van der Waals surface area contributed by atoms with Crippen LogP contribution in [0.5, 0.6) is 5.75 Å². The van der Waals surface area contributed by atoms with Crippen molar-refractivity contribution in [3.8, 4) is 11.4 Å². The molecule has 30 heavy (non-hydrogen) atoms. The van der Waals surface area contributed by atoms with E-state index in [0.29, 0.717) is 5.56 Å². The number of Topliss-reactive ketones (excluding diaryl/α,β-unsaturated/α-hetero) is 1. The monoisotopic (exact) mass is 429 g/mol. The number of carbonyl (C=O) groups excluding carboxylic acids is 1. The molecule has 0 aliphatic carbocycles. The predicted octanol–water partition coefficient (Wildman–Crippen LogP) is 6.68. The number of halogens is 2. The number of ketones is 1. The Morgan fingerprint density at radius 2 is 1.67 bits per heavy atom. The van der Waals surface area contributed by atoms with Crippen LogP contribution in [-0.4, -0.2) is 22.2 Å². The molecule has 1 atom stereocenters. The standard InChI is InChI=1S/C24H25F2NO2S/c1-14-6-7-15(2)22(12-14)30-18(5)23(28)21-13-16(3)27(17(21)4)19-8-10-20(11-9-19)29-24(25)26/h6-13,18,24H,1-5H3. The predicted molar refractivity (Wildman–Crippen MR) is 117 cm³/mol. The first kappa shape index (κ1) is 22.1. The second-order valence-electron chi connectivity index (χ2n) is 7.39. The van der Waals surface area contributed by atoms with Gasteiger partial charge in [-0.15, -0.1) is 11.8 Å². The van der Waals surface area contributed by atoms with E-state index in [4.69, 9.17) is 0 Å². The van der Waals surface area contributed by atoms with Gasteiger partial charge in [-0.1, -0.05) is 17.7 Å². The van der Waals surface area contributed by atoms with Crippen molar-refractivity contribution < 1.29 is 18.3 Å². The lowest BCUT2D eigenvalue weighted by atomic mass is 10.1. The fourth-order valence-corrected chi connectivity index (χ4v) is 4.61. The van der Waals surface area contributed by atoms with Gasteiger partial charge in [0.25, 0.3) is 0 Å². The highest BCUT2D eigenvalue weighted by Crippen LogP contribution is 2.31. The van der Waals surface area contributed by atoms with Crippen LogP contribution in [0.3, 0.4) is 0 Å². The molecule has 158 valence electrons. The van der Waals surface area contributed by atoms with Gasteiger partial charge in [0.05, 0.1) is 5.25 Å². The number of aromatic nitrogens is 1. The van der Waals surface area contributed by atoms with Gasteiger partial charge in [0.2, 0.25) is 0 Å². The lowest BCUT2D eigenvalue weighted by molar-refractivity contribution is -0.0498. The zero-order valence-corrected chi connectivity index (χ0v) is 18.5. The van der Waals surface area contributed by atoms with Crippen molar-refractivity contribution in [1.29, 1.82) is 0 Å². The molecule has 0 radical (unpaired) electrons. The van der Waals surface area contributed by atoms with Gasteiger partial charge in [-0.05, 0) is 76.6 Å². The molecule has 3 nitrogen and oxygen atoms in total. The summed E-state index contributed by atoms with van der Waals surface area (Å²) in [5, 5.41) is -0.235. The number of alkyl halides is 2. The SMILES string of the molecule is Cc1ccc(C)c(SC(C)C(=O)c2cc(C)n(-c3ccc(OC(F)F)cc3)c2C)c1. The maximum Gasteiger partial charge on any atom is 0.387 e. The molecule has 0 fully saturated rings. The average Bonchev–Trinajstić information content (AvgIpc) is 2.98. The van der Waals surface area contributed by atoms with E-state index in [2.05, 4.69) is 22.9 Å². The number of ether oxygens (including phenoxy) is 1. The number of hydrogen-bond donors (Lipinski definition) is 0. The van der Waals surface area contributed by atoms with Crippen LogP contribution < -0.4 is 4.74 Å². The Morgan fingerprint density at radius 3 is 2.30 bits per heavy atom. The minimum atomic E-state index is -2.86. The molecule has 0 saturated heterocycles. The van der Waals surface area contributed by atoms with E-state index in [1.807, 2.05) is 45.3 Å². The third-order valence-electron chi connectivity index (χ3n) is 5.03. The Morgan fingerprint density at radius 1 is 1.00 bits per heavy atom. The van der Waals surface area contributed by atoms with E-state index >= 15 is 0 Å². The summed E-state index contributed by atoms with van der Waals surface area (Å²) in [7, 11) is 0. The van der Waals surface area contributed by atoms with E-state index in [9.17, 15) is 13.6 Å². The quantitative estimate of drug-likeness (QED) is 0.310. The highest BCUT2D eigenvalue weighted by Gasteiger charge is 2.23. The summed E-state index contributed by atoms with van der Waals surface area (Å²) < 4.78 is 31.1. The molecule has 2 aromatic carbocycles. The van der Waals surface area contributed by atoms with Gasteiger partial charge in [-0.25, -0.2) is 0 Å². The first-order chi connectivity index (χ1) is 14.2. The zero-order chi connectivity index (χ0) is 22.0. The van der Waals surface area contributed by atoms with Crippen molar-refractivity contribution in [2.45, 2.75) is 51.4 Å². The Bertz CT molecular complexity index is 1060. The molecule has 0 spiro atoms. The average molecular weight is 430 g/mol. The Labute approximate surface area is 180 Å². The summed E-state index contributed by atoms with van der Waals surface area (Å²) >= 11 is 1.57. The highest BCUT2D eigenvalue weighted by molar-refractivity contribution is 8.00. The van der Waals surface area contributed by atoms with E-state index in [1.54, 1.807) is 23.9 Å². The maximum atomic E-state index is 13.2. The molecular formula is C24H25F2NO2S. The normalized spacial score (nSPS) is 12.3. The number of hydrogen-bond acceptors (Lipinski definition) is 3. The van der Waals surface area contributed by atoms with Crippen LogP contribution in [0.15, 0.2) is 53.4 Å². The summed E-state index contributed by atoms with van der Waals surface area (Å²) in [4.78, 5) is 14.3. The Hall–Kier alpha value is -2.60. The molecular weight excluding hydrogens is 404 g/mol. The van der Waals surface area contributed by atoms with Crippen LogP contribution in [0, 0.1) is 27.7 Å². The topological polar surface area (TPSA) is 31.2 Å². The fourth-order valence-electron chi connectivity index (χ4n) is 3.48. The summed E-state index contributed by atoms with van der Waals surface area (Å²) in [5.74, 6) is 0.170. The van der Waals surface area contributed by atoms with Crippen LogP contribution in [0.2, 0.25) is 0 Å². The second kappa shape index (κ2) is 9.04. The summed E-state index contributed by atoms with van der Waals surface area (Å²) in [6, 6.07) is 14.6. The summed E-state index contributed by atoms with van der Waals surface area (Å²) in [6.45, 7) is 6.99. The van der Waals surface area contributed by atoms with Crippen LogP contribution in [0.4, 0.5) is 8.78 Å². The van der Waals surface area contributed by atoms with Gasteiger partial charge in [-0.3, -0.25) is 4.79 Å². The molecule has 1 heterocycles. The summed E-state index contributed by atoms with van der Waals surface area (Å²) in [6.07, 6.45) is 0. The molecule has 1 unspecified atom stereocenters. The van der Waals surface area contributed by atoms with Crippen molar-refractivity contribution in [2.24, 2.45) is 0 Å². The molecule has 0 bridgehead atoms. The van der Waals surface area contributed by atoms with Crippen molar-refractivity contribution in [2.75, 3.05) is 0 Å². The molecule has 3 rings (SSSR count). The van der Waals surface area contributed by atoms with Crippen molar-refractivity contribution in [3.05, 3.63) is 76.6 Å². The van der Waals surface area contributed by atoms with Crippen LogP contribution >= 0.6 is 11.8 Å². The molecule has 6 heteroatoms. The van der Waals surface area contributed by atoms with Crippen molar-refractivity contribution in [3.63, 3.8) is 0 Å². The van der Waals surface area contributed by atoms with Crippen LogP contribution in [0.25, 0.3) is 5.69 Å². The first-order valence-electron chi connectivity index (χ1n) is 9.69. The Kier molecular flexibility index (Phi) is 6.66. The maximum absolute atomic E-state index is 13.2. The van der Waals surface area contributed by atoms with Gasteiger partial charge in [0.1, 0.15) is 5.75 Å². The number of thioether (sulfide) groups is 1. The van der Waals surface area contributed by atoms with E-state index < -0.39 is 6.61 Å². The first-order valence-corrected chi connectivity index (χ1v) is 10.6. The zero-order valence-electron chi connectivity index (χ0n) is 17.7. The molecule has 0 N–H and O–H groups in total. The van der Waals surface area contributed by atoms with E-state index in [1.165, 1.54) is 17.7 Å². The molecule has 1 aromatic heterocycles. The minimum absolute atomic E-state index is 0.0675. The van der Waals surface area contributed by atoms with Gasteiger partial charge < -0.3 is 9.30 Å². The highest BCUT2D eigenvalue weighted by atomic mass is 32.2. The van der Waals surface area contributed by atoms with Crippen molar-refractivity contribution in [1.82, 2.24) is 4.57 Å². The van der Waals surface area contributed by atoms with Gasteiger partial charge in [0.15, 0.2) is 5.78 Å². The van der Waals surface area contributed by atoms with E-state index in [-0.39, 0.29) is 16.8 Å². The molecule has 3 aromatic rings. The lowest BCUT2D eigenvalue weighted by Gasteiger charge is -2.14. The van der Waals surface area contributed by atoms with Crippen LogP contribution in [0.1, 0.15) is 39.8 Å². The number of carbonyl (C=O) groups is 1. The summed E-state index contributed by atoms with van der Waals surface area (Å²) in [5.41, 5.74) is 5.52. The number of nitrogens with zero attached hydrogens (tertiary/aromatic N) is 1. The van der Waals surface area contributed by atoms with E-state index in [0.717, 1.165) is 27.5 Å². The number of benzene rings is 2. The van der Waals surface area contributed by atoms with Crippen molar-refractivity contribution >= 4 is 17.5 Å². The third-order valence-corrected chi connectivity index (χ3v) is 6.29. The van der Waals surface area contributed by atoms with Gasteiger partial charge in [0, 0.05) is 27.5 Å². The molecule has 0 saturated carbocycles. The Balaban J connectivity index is 1.85. The number of aryl methyl sites for hydroxylation is 3. The minimum Gasteiger partial charge on any atom is -0.435 e. The van der Waals surface area contributed by atoms with Crippen LogP contribution in [-0.2, 0) is 0 Å². The second-order valence-corrected chi connectivity index (χ2v) is 8.77. The number of rotatable bonds is 7. The largest absolute Gasteiger partial charge is 0.435 e. The molecule has 0 aliphatic rings. The lowest BCUT2D eigenvalue weighted by Crippen LogP contribution is -2.14. The third kappa shape index (κ3) is 4.75.